The minimum atomic E-state index is -0.712. The number of carbonyl (C=O) groups is 2. The Bertz CT molecular complexity index is 666. The van der Waals surface area contributed by atoms with Crippen LogP contribution in [0.1, 0.15) is 17.2 Å². The van der Waals surface area contributed by atoms with Crippen molar-refractivity contribution in [1.82, 2.24) is 10.2 Å². The summed E-state index contributed by atoms with van der Waals surface area (Å²) in [6.45, 7) is 0. The third-order valence-electron chi connectivity index (χ3n) is 3.43. The van der Waals surface area contributed by atoms with Gasteiger partial charge in [0.15, 0.2) is 0 Å². The number of hydrogen-bond donors (Lipinski definition) is 2. The molecule has 0 aromatic heterocycles. The third kappa shape index (κ3) is 4.57. The highest BCUT2D eigenvalue weighted by Gasteiger charge is 2.24. The maximum atomic E-state index is 12.4. The Morgan fingerprint density at radius 2 is 1.65 bits per heavy atom. The summed E-state index contributed by atoms with van der Waals surface area (Å²) < 4.78 is 0. The molecule has 0 radical (unpaired) electrons. The molecule has 0 unspecified atom stereocenters. The molecule has 5 heteroatoms. The van der Waals surface area contributed by atoms with E-state index in [1.165, 1.54) is 17.0 Å². The highest BCUT2D eigenvalue weighted by Crippen LogP contribution is 2.16. The van der Waals surface area contributed by atoms with Crippen LogP contribution in [0.25, 0.3) is 0 Å². The summed E-state index contributed by atoms with van der Waals surface area (Å²) in [4.78, 5) is 26.1. The normalized spacial score (nSPS) is 11.6. The van der Waals surface area contributed by atoms with Crippen LogP contribution < -0.4 is 5.32 Å². The maximum Gasteiger partial charge on any atom is 0.249 e. The number of carbonyl (C=O) groups excluding carboxylic acids is 2. The summed E-state index contributed by atoms with van der Waals surface area (Å²) in [5.74, 6) is -0.283. The molecule has 0 fully saturated rings. The van der Waals surface area contributed by atoms with E-state index in [0.717, 1.165) is 11.1 Å². The number of nitrogens with one attached hydrogen (secondary N) is 1. The van der Waals surface area contributed by atoms with Gasteiger partial charge in [-0.05, 0) is 23.3 Å². The molecule has 120 valence electrons. The lowest BCUT2D eigenvalue weighted by Crippen LogP contribution is -2.40. The summed E-state index contributed by atoms with van der Waals surface area (Å²) in [6.07, 6.45) is 0.143. The standard InChI is InChI=1S/C18H20N2O3/c1-20(2)18(23)17(14-6-4-3-5-7-14)19-16(22)12-13-8-10-15(21)11-9-13/h3-11,17,21H,12H2,1-2H3,(H,19,22)/t17-/m0/s1. The second-order valence-corrected chi connectivity index (χ2v) is 5.49. The first-order chi connectivity index (χ1) is 11.0. The van der Waals surface area contributed by atoms with Crippen LogP contribution in [0.5, 0.6) is 5.75 Å². The molecule has 0 saturated carbocycles. The molecular weight excluding hydrogens is 292 g/mol. The highest BCUT2D eigenvalue weighted by molar-refractivity contribution is 5.89. The Balaban J connectivity index is 2.12. The number of benzene rings is 2. The Kier molecular flexibility index (Phi) is 5.36. The van der Waals surface area contributed by atoms with Crippen molar-refractivity contribution in [2.45, 2.75) is 12.5 Å². The number of phenolic OH excluding ortho intramolecular Hbond substituents is 1. The number of nitrogens with zero attached hydrogens (tertiary/aromatic N) is 1. The molecule has 0 aliphatic carbocycles. The predicted molar refractivity (Wildman–Crippen MR) is 87.8 cm³/mol. The quantitative estimate of drug-likeness (QED) is 0.885. The molecule has 0 heterocycles. The van der Waals surface area contributed by atoms with Gasteiger partial charge in [0.2, 0.25) is 11.8 Å². The van der Waals surface area contributed by atoms with Gasteiger partial charge < -0.3 is 15.3 Å². The van der Waals surface area contributed by atoms with E-state index >= 15 is 0 Å². The van der Waals surface area contributed by atoms with Gasteiger partial charge in [0, 0.05) is 14.1 Å². The highest BCUT2D eigenvalue weighted by atomic mass is 16.3. The minimum Gasteiger partial charge on any atom is -0.508 e. The summed E-state index contributed by atoms with van der Waals surface area (Å²) >= 11 is 0. The molecule has 2 aromatic carbocycles. The third-order valence-corrected chi connectivity index (χ3v) is 3.43. The fourth-order valence-electron chi connectivity index (χ4n) is 2.20. The van der Waals surface area contributed by atoms with Gasteiger partial charge in [0.25, 0.3) is 0 Å². The summed E-state index contributed by atoms with van der Waals surface area (Å²) in [5, 5.41) is 12.1. The fourth-order valence-corrected chi connectivity index (χ4v) is 2.20. The van der Waals surface area contributed by atoms with E-state index < -0.39 is 6.04 Å². The topological polar surface area (TPSA) is 69.6 Å². The molecule has 0 aliphatic rings. The van der Waals surface area contributed by atoms with Crippen molar-refractivity contribution < 1.29 is 14.7 Å². The van der Waals surface area contributed by atoms with Crippen molar-refractivity contribution in [2.75, 3.05) is 14.1 Å². The fraction of sp³-hybridized carbons (Fsp3) is 0.222. The van der Waals surface area contributed by atoms with E-state index in [-0.39, 0.29) is 24.0 Å². The zero-order chi connectivity index (χ0) is 16.8. The average molecular weight is 312 g/mol. The van der Waals surface area contributed by atoms with E-state index in [1.807, 2.05) is 30.3 Å². The van der Waals surface area contributed by atoms with Crippen molar-refractivity contribution in [3.05, 3.63) is 65.7 Å². The van der Waals surface area contributed by atoms with Crippen LogP contribution in [-0.2, 0) is 16.0 Å². The van der Waals surface area contributed by atoms with Crippen molar-refractivity contribution in [2.24, 2.45) is 0 Å². The Morgan fingerprint density at radius 1 is 1.04 bits per heavy atom. The minimum absolute atomic E-state index is 0.143. The lowest BCUT2D eigenvalue weighted by atomic mass is 10.0. The van der Waals surface area contributed by atoms with E-state index in [2.05, 4.69) is 5.32 Å². The summed E-state index contributed by atoms with van der Waals surface area (Å²) in [7, 11) is 3.31. The molecule has 0 saturated heterocycles. The smallest absolute Gasteiger partial charge is 0.249 e. The maximum absolute atomic E-state index is 12.4. The SMILES string of the molecule is CN(C)C(=O)[C@@H](NC(=O)Cc1ccc(O)cc1)c1ccccc1. The number of phenols is 1. The van der Waals surface area contributed by atoms with Crippen molar-refractivity contribution in [3.63, 3.8) is 0 Å². The van der Waals surface area contributed by atoms with Crippen LogP contribution in [0, 0.1) is 0 Å². The lowest BCUT2D eigenvalue weighted by Gasteiger charge is -2.22. The zero-order valence-corrected chi connectivity index (χ0v) is 13.2. The molecule has 1 atom stereocenters. The Labute approximate surface area is 135 Å². The van der Waals surface area contributed by atoms with Crippen LogP contribution >= 0.6 is 0 Å². The zero-order valence-electron chi connectivity index (χ0n) is 13.2. The predicted octanol–water partition coefficient (Wildman–Crippen LogP) is 1.88. The molecule has 0 aliphatic heterocycles. The second-order valence-electron chi connectivity index (χ2n) is 5.49. The first-order valence-electron chi connectivity index (χ1n) is 7.31. The van der Waals surface area contributed by atoms with E-state index in [9.17, 15) is 14.7 Å². The molecule has 0 bridgehead atoms. The van der Waals surface area contributed by atoms with Crippen LogP contribution in [0.3, 0.4) is 0 Å². The van der Waals surface area contributed by atoms with E-state index in [0.29, 0.717) is 0 Å². The molecule has 5 nitrogen and oxygen atoms in total. The monoisotopic (exact) mass is 312 g/mol. The van der Waals surface area contributed by atoms with Crippen LogP contribution in [0.2, 0.25) is 0 Å². The van der Waals surface area contributed by atoms with Crippen LogP contribution in [0.4, 0.5) is 0 Å². The second kappa shape index (κ2) is 7.45. The number of hydrogen-bond acceptors (Lipinski definition) is 3. The largest absolute Gasteiger partial charge is 0.508 e. The lowest BCUT2D eigenvalue weighted by molar-refractivity contribution is -0.134. The number of rotatable bonds is 5. The molecule has 23 heavy (non-hydrogen) atoms. The first kappa shape index (κ1) is 16.5. The molecule has 2 N–H and O–H groups in total. The Morgan fingerprint density at radius 3 is 2.22 bits per heavy atom. The number of amides is 2. The van der Waals surface area contributed by atoms with Gasteiger partial charge in [-0.25, -0.2) is 0 Å². The van der Waals surface area contributed by atoms with Gasteiger partial charge in [-0.1, -0.05) is 42.5 Å². The van der Waals surface area contributed by atoms with Gasteiger partial charge >= 0.3 is 0 Å². The van der Waals surface area contributed by atoms with Gasteiger partial charge in [0.1, 0.15) is 11.8 Å². The van der Waals surface area contributed by atoms with E-state index in [4.69, 9.17) is 0 Å². The van der Waals surface area contributed by atoms with Crippen molar-refractivity contribution in [3.8, 4) is 5.75 Å². The Hall–Kier alpha value is -2.82. The molecule has 2 rings (SSSR count). The first-order valence-corrected chi connectivity index (χ1v) is 7.31. The van der Waals surface area contributed by atoms with E-state index in [1.54, 1.807) is 26.2 Å². The van der Waals surface area contributed by atoms with Crippen LogP contribution in [0.15, 0.2) is 54.6 Å². The summed E-state index contributed by atoms with van der Waals surface area (Å²) in [5.41, 5.74) is 1.51. The number of likely N-dealkylation sites (N-methyl/N-ethyl adjacent to an activating group) is 1. The van der Waals surface area contributed by atoms with Crippen LogP contribution in [-0.4, -0.2) is 35.9 Å². The number of aromatic hydroxyl groups is 1. The average Bonchev–Trinajstić information content (AvgIpc) is 2.55. The van der Waals surface area contributed by atoms with Crippen molar-refractivity contribution >= 4 is 11.8 Å². The van der Waals surface area contributed by atoms with Gasteiger partial charge in [0.05, 0.1) is 6.42 Å². The van der Waals surface area contributed by atoms with Gasteiger partial charge in [-0.3, -0.25) is 9.59 Å². The van der Waals surface area contributed by atoms with Gasteiger partial charge in [-0.15, -0.1) is 0 Å². The summed E-state index contributed by atoms with van der Waals surface area (Å²) in [6, 6.07) is 14.9. The molecule has 2 amide bonds. The van der Waals surface area contributed by atoms with Gasteiger partial charge in [-0.2, -0.15) is 0 Å². The van der Waals surface area contributed by atoms with Crippen molar-refractivity contribution in [1.29, 1.82) is 0 Å². The molecule has 0 spiro atoms. The molecular formula is C18H20N2O3. The molecule has 2 aromatic rings.